The largest absolute Gasteiger partial charge is 0.231 e. The van der Waals surface area contributed by atoms with E-state index in [2.05, 4.69) is 24.2 Å². The highest BCUT2D eigenvalue weighted by Crippen LogP contribution is 2.18. The van der Waals surface area contributed by atoms with Crippen LogP contribution in [0.3, 0.4) is 0 Å². The number of hydrogen-bond donors (Lipinski definition) is 0. The van der Waals surface area contributed by atoms with E-state index in [9.17, 15) is 0 Å². The molecular weight excluding hydrogens is 156 g/mol. The van der Waals surface area contributed by atoms with Crippen molar-refractivity contribution >= 4 is 11.3 Å². The molecule has 0 aliphatic carbocycles. The summed E-state index contributed by atoms with van der Waals surface area (Å²) in [5.41, 5.74) is 0. The Morgan fingerprint density at radius 1 is 1.45 bits per heavy atom. The van der Waals surface area contributed by atoms with E-state index in [0.29, 0.717) is 0 Å². The predicted octanol–water partition coefficient (Wildman–Crippen LogP) is 2.24. The topological polar surface area (TPSA) is 17.8 Å². The molecule has 0 bridgehead atoms. The fourth-order valence-electron chi connectivity index (χ4n) is 0.944. The van der Waals surface area contributed by atoms with Crippen molar-refractivity contribution in [2.24, 2.45) is 0 Å². The van der Waals surface area contributed by atoms with E-state index in [1.54, 1.807) is 17.5 Å². The lowest BCUT2D eigenvalue weighted by Crippen LogP contribution is -1.88. The summed E-state index contributed by atoms with van der Waals surface area (Å²) >= 11 is 1.75. The average Bonchev–Trinajstić information content (AvgIpc) is 2.55. The van der Waals surface area contributed by atoms with E-state index in [1.165, 1.54) is 9.88 Å². The smallest absolute Gasteiger partial charge is 0.117 e. The molecule has 2 aromatic rings. The van der Waals surface area contributed by atoms with Gasteiger partial charge in [-0.3, -0.25) is 0 Å². The molecule has 0 unspecified atom stereocenters. The van der Waals surface area contributed by atoms with Crippen molar-refractivity contribution in [1.29, 1.82) is 0 Å². The van der Waals surface area contributed by atoms with Crippen LogP contribution in [-0.4, -0.2) is 9.78 Å². The minimum absolute atomic E-state index is 1.17. The van der Waals surface area contributed by atoms with Crippen LogP contribution in [0.15, 0.2) is 30.6 Å². The van der Waals surface area contributed by atoms with Crippen molar-refractivity contribution in [1.82, 2.24) is 9.78 Å². The van der Waals surface area contributed by atoms with Gasteiger partial charge in [0.2, 0.25) is 0 Å². The zero-order valence-corrected chi connectivity index (χ0v) is 7.01. The number of rotatable bonds is 1. The Morgan fingerprint density at radius 2 is 2.36 bits per heavy atom. The minimum Gasteiger partial charge on any atom is -0.231 e. The zero-order chi connectivity index (χ0) is 7.68. The lowest BCUT2D eigenvalue weighted by Gasteiger charge is -1.92. The second-order valence-corrected chi connectivity index (χ2v) is 3.60. The zero-order valence-electron chi connectivity index (χ0n) is 6.19. The van der Waals surface area contributed by atoms with E-state index in [-0.39, 0.29) is 0 Å². The van der Waals surface area contributed by atoms with Gasteiger partial charge in [0, 0.05) is 17.3 Å². The van der Waals surface area contributed by atoms with E-state index in [4.69, 9.17) is 0 Å². The van der Waals surface area contributed by atoms with E-state index < -0.39 is 0 Å². The first-order chi connectivity index (χ1) is 5.36. The Hall–Kier alpha value is -1.09. The molecule has 3 heteroatoms. The van der Waals surface area contributed by atoms with Crippen LogP contribution >= 0.6 is 11.3 Å². The monoisotopic (exact) mass is 164 g/mol. The Labute approximate surface area is 69.1 Å². The quantitative estimate of drug-likeness (QED) is 0.632. The van der Waals surface area contributed by atoms with Crippen molar-refractivity contribution in [3.8, 4) is 5.00 Å². The Kier molecular flexibility index (Phi) is 1.51. The Bertz CT molecular complexity index is 335. The predicted molar refractivity (Wildman–Crippen MR) is 46.2 cm³/mol. The summed E-state index contributed by atoms with van der Waals surface area (Å²) in [6.45, 7) is 2.09. The molecule has 2 rings (SSSR count). The molecule has 0 radical (unpaired) electrons. The first-order valence-corrected chi connectivity index (χ1v) is 4.24. The van der Waals surface area contributed by atoms with Crippen molar-refractivity contribution in [2.75, 3.05) is 0 Å². The molecule has 0 spiro atoms. The highest BCUT2D eigenvalue weighted by Gasteiger charge is 1.96. The molecule has 0 saturated carbocycles. The second-order valence-electron chi connectivity index (χ2n) is 2.33. The van der Waals surface area contributed by atoms with Gasteiger partial charge in [0.25, 0.3) is 0 Å². The summed E-state index contributed by atoms with van der Waals surface area (Å²) in [7, 11) is 0. The number of nitrogens with zero attached hydrogens (tertiary/aromatic N) is 2. The van der Waals surface area contributed by atoms with E-state index >= 15 is 0 Å². The van der Waals surface area contributed by atoms with Gasteiger partial charge in [-0.1, -0.05) is 0 Å². The highest BCUT2D eigenvalue weighted by molar-refractivity contribution is 7.14. The summed E-state index contributed by atoms with van der Waals surface area (Å²) in [4.78, 5) is 1.32. The molecule has 0 N–H and O–H groups in total. The van der Waals surface area contributed by atoms with Crippen LogP contribution in [-0.2, 0) is 0 Å². The third-order valence-electron chi connectivity index (χ3n) is 1.46. The molecular formula is C8H8N2S. The maximum absolute atomic E-state index is 4.13. The van der Waals surface area contributed by atoms with Gasteiger partial charge in [-0.05, 0) is 25.1 Å². The molecule has 0 aromatic carbocycles. The summed E-state index contributed by atoms with van der Waals surface area (Å²) in [6, 6.07) is 6.10. The van der Waals surface area contributed by atoms with Gasteiger partial charge in [-0.25, -0.2) is 4.68 Å². The first kappa shape index (κ1) is 6.61. The number of aryl methyl sites for hydroxylation is 1. The number of aromatic nitrogens is 2. The first-order valence-electron chi connectivity index (χ1n) is 3.43. The van der Waals surface area contributed by atoms with E-state index in [1.807, 2.05) is 16.9 Å². The average molecular weight is 164 g/mol. The van der Waals surface area contributed by atoms with Gasteiger partial charge in [-0.15, -0.1) is 11.3 Å². The van der Waals surface area contributed by atoms with Gasteiger partial charge in [0.15, 0.2) is 0 Å². The van der Waals surface area contributed by atoms with Gasteiger partial charge in [-0.2, -0.15) is 5.10 Å². The molecule has 0 aliphatic rings. The van der Waals surface area contributed by atoms with Crippen LogP contribution in [0.5, 0.6) is 0 Å². The maximum atomic E-state index is 4.13. The standard InChI is InChI=1S/C8H8N2S/c1-7-3-4-8(11-7)10-6-2-5-9-10/h2-6H,1H3. The molecule has 2 aromatic heterocycles. The fourth-order valence-corrected chi connectivity index (χ4v) is 1.75. The molecule has 2 nitrogen and oxygen atoms in total. The maximum Gasteiger partial charge on any atom is 0.117 e. The normalized spacial score (nSPS) is 10.3. The van der Waals surface area contributed by atoms with Crippen molar-refractivity contribution in [3.63, 3.8) is 0 Å². The molecule has 11 heavy (non-hydrogen) atoms. The Balaban J connectivity index is 2.45. The molecule has 0 aliphatic heterocycles. The number of thiophene rings is 1. The minimum atomic E-state index is 1.17. The molecule has 2 heterocycles. The highest BCUT2D eigenvalue weighted by atomic mass is 32.1. The molecule has 0 saturated heterocycles. The van der Waals surface area contributed by atoms with Crippen molar-refractivity contribution in [2.45, 2.75) is 6.92 Å². The Morgan fingerprint density at radius 3 is 2.91 bits per heavy atom. The van der Waals surface area contributed by atoms with Crippen LogP contribution < -0.4 is 0 Å². The van der Waals surface area contributed by atoms with Gasteiger partial charge in [0.05, 0.1) is 0 Å². The van der Waals surface area contributed by atoms with Gasteiger partial charge >= 0.3 is 0 Å². The van der Waals surface area contributed by atoms with Crippen LogP contribution in [0.2, 0.25) is 0 Å². The molecule has 0 fully saturated rings. The van der Waals surface area contributed by atoms with E-state index in [0.717, 1.165) is 0 Å². The third-order valence-corrected chi connectivity index (χ3v) is 2.45. The fraction of sp³-hybridized carbons (Fsp3) is 0.125. The number of hydrogen-bond acceptors (Lipinski definition) is 2. The lowest BCUT2D eigenvalue weighted by molar-refractivity contribution is 0.898. The van der Waals surface area contributed by atoms with Gasteiger partial charge in [0.1, 0.15) is 5.00 Å². The van der Waals surface area contributed by atoms with Crippen LogP contribution in [0.4, 0.5) is 0 Å². The molecule has 0 amide bonds. The summed E-state index contributed by atoms with van der Waals surface area (Å²) < 4.78 is 1.87. The molecule has 0 atom stereocenters. The lowest BCUT2D eigenvalue weighted by atomic mass is 10.5. The summed E-state index contributed by atoms with van der Waals surface area (Å²) in [6.07, 6.45) is 3.74. The van der Waals surface area contributed by atoms with Crippen LogP contribution in [0.25, 0.3) is 5.00 Å². The third kappa shape index (κ3) is 1.19. The van der Waals surface area contributed by atoms with Crippen LogP contribution in [0.1, 0.15) is 4.88 Å². The van der Waals surface area contributed by atoms with Gasteiger partial charge < -0.3 is 0 Å². The van der Waals surface area contributed by atoms with Crippen LogP contribution in [0, 0.1) is 6.92 Å². The van der Waals surface area contributed by atoms with Crippen molar-refractivity contribution < 1.29 is 0 Å². The van der Waals surface area contributed by atoms with Crippen molar-refractivity contribution in [3.05, 3.63) is 35.5 Å². The SMILES string of the molecule is Cc1ccc(-n2cccn2)s1. The summed E-state index contributed by atoms with van der Waals surface area (Å²) in [5.74, 6) is 0. The second kappa shape index (κ2) is 2.51. The molecule has 56 valence electrons. The summed E-state index contributed by atoms with van der Waals surface area (Å²) in [5, 5.41) is 5.30.